The van der Waals surface area contributed by atoms with Gasteiger partial charge in [0, 0.05) is 36.1 Å². The molecule has 2 atom stereocenters. The van der Waals surface area contributed by atoms with Crippen LogP contribution in [0, 0.1) is 0 Å². The van der Waals surface area contributed by atoms with E-state index in [1.54, 1.807) is 0 Å². The molecule has 25 heavy (non-hydrogen) atoms. The Morgan fingerprint density at radius 3 is 2.72 bits per heavy atom. The molecule has 1 aromatic rings. The van der Waals surface area contributed by atoms with Crippen LogP contribution in [-0.4, -0.2) is 39.8 Å². The molecule has 1 saturated carbocycles. The van der Waals surface area contributed by atoms with Crippen molar-refractivity contribution in [3.63, 3.8) is 0 Å². The second kappa shape index (κ2) is 10.1. The molecule has 5 nitrogen and oxygen atoms in total. The van der Waals surface area contributed by atoms with E-state index in [1.165, 1.54) is 42.6 Å². The smallest absolute Gasteiger partial charge is 0.191 e. The maximum atomic E-state index is 4.89. The quantitative estimate of drug-likeness (QED) is 0.575. The summed E-state index contributed by atoms with van der Waals surface area (Å²) in [5.74, 6) is 0.946. The van der Waals surface area contributed by atoms with Crippen molar-refractivity contribution in [1.29, 1.82) is 0 Å². The van der Waals surface area contributed by atoms with Crippen LogP contribution < -0.4 is 10.6 Å². The minimum Gasteiger partial charge on any atom is -0.357 e. The van der Waals surface area contributed by atoms with E-state index >= 15 is 0 Å². The lowest BCUT2D eigenvalue weighted by atomic mass is 9.95. The maximum absolute atomic E-state index is 4.89. The van der Waals surface area contributed by atoms with Crippen molar-refractivity contribution in [2.75, 3.05) is 12.8 Å². The van der Waals surface area contributed by atoms with E-state index in [-0.39, 0.29) is 0 Å². The van der Waals surface area contributed by atoms with Crippen LogP contribution in [-0.2, 0) is 26.4 Å². The Labute approximate surface area is 157 Å². The van der Waals surface area contributed by atoms with Gasteiger partial charge in [-0.15, -0.1) is 0 Å². The van der Waals surface area contributed by atoms with Gasteiger partial charge in [0.15, 0.2) is 5.96 Å². The van der Waals surface area contributed by atoms with Crippen LogP contribution >= 0.6 is 11.8 Å². The summed E-state index contributed by atoms with van der Waals surface area (Å²) in [5.41, 5.74) is 3.78. The highest BCUT2D eigenvalue weighted by Gasteiger charge is 2.22. The summed E-state index contributed by atoms with van der Waals surface area (Å²) in [4.78, 5) is 4.89. The highest BCUT2D eigenvalue weighted by molar-refractivity contribution is 7.99. The largest absolute Gasteiger partial charge is 0.357 e. The van der Waals surface area contributed by atoms with Crippen LogP contribution in [0.25, 0.3) is 0 Å². The minimum absolute atomic E-state index is 0.536. The first-order valence-electron chi connectivity index (χ1n) is 9.74. The van der Waals surface area contributed by atoms with Crippen molar-refractivity contribution in [2.45, 2.75) is 77.1 Å². The van der Waals surface area contributed by atoms with E-state index in [1.807, 2.05) is 23.5 Å². The topological polar surface area (TPSA) is 54.2 Å². The fraction of sp³-hybridized carbons (Fsp3) is 0.789. The number of aryl methyl sites for hydroxylation is 2. The third-order valence-corrected chi connectivity index (χ3v) is 6.16. The average molecular weight is 366 g/mol. The van der Waals surface area contributed by atoms with Crippen molar-refractivity contribution in [2.24, 2.45) is 12.0 Å². The number of nitrogens with one attached hydrogen (secondary N) is 2. The van der Waals surface area contributed by atoms with Gasteiger partial charge in [-0.2, -0.15) is 16.9 Å². The van der Waals surface area contributed by atoms with Crippen molar-refractivity contribution in [1.82, 2.24) is 20.4 Å². The van der Waals surface area contributed by atoms with Crippen molar-refractivity contribution < 1.29 is 0 Å². The van der Waals surface area contributed by atoms with Gasteiger partial charge in [-0.25, -0.2) is 4.99 Å². The zero-order chi connectivity index (χ0) is 18.2. The molecule has 0 bridgehead atoms. The fourth-order valence-corrected chi connectivity index (χ4v) is 4.56. The second-order valence-corrected chi connectivity index (χ2v) is 7.90. The van der Waals surface area contributed by atoms with Gasteiger partial charge in [-0.3, -0.25) is 4.68 Å². The van der Waals surface area contributed by atoms with E-state index in [4.69, 9.17) is 4.99 Å². The first-order valence-corrected chi connectivity index (χ1v) is 11.0. The summed E-state index contributed by atoms with van der Waals surface area (Å²) in [5, 5.41) is 12.5. The van der Waals surface area contributed by atoms with Crippen LogP contribution in [0.15, 0.2) is 4.99 Å². The Morgan fingerprint density at radius 2 is 2.08 bits per heavy atom. The molecular formula is C19H35N5S. The second-order valence-electron chi connectivity index (χ2n) is 6.76. The fourth-order valence-electron chi connectivity index (χ4n) is 3.73. The summed E-state index contributed by atoms with van der Waals surface area (Å²) in [6.45, 7) is 8.08. The molecule has 142 valence electrons. The zero-order valence-corrected chi connectivity index (χ0v) is 17.4. The molecular weight excluding hydrogens is 330 g/mol. The van der Waals surface area contributed by atoms with Crippen LogP contribution in [0.3, 0.4) is 0 Å². The van der Waals surface area contributed by atoms with Crippen LogP contribution in [0.4, 0.5) is 0 Å². The predicted molar refractivity (Wildman–Crippen MR) is 109 cm³/mol. The van der Waals surface area contributed by atoms with E-state index in [0.29, 0.717) is 12.6 Å². The number of hydrogen-bond acceptors (Lipinski definition) is 3. The molecule has 1 aromatic heterocycles. The lowest BCUT2D eigenvalue weighted by Crippen LogP contribution is -2.45. The van der Waals surface area contributed by atoms with Gasteiger partial charge in [0.05, 0.1) is 12.2 Å². The Bertz CT molecular complexity index is 566. The summed E-state index contributed by atoms with van der Waals surface area (Å²) in [7, 11) is 2.04. The lowest BCUT2D eigenvalue weighted by molar-refractivity contribution is 0.419. The van der Waals surface area contributed by atoms with Crippen molar-refractivity contribution in [3.05, 3.63) is 17.0 Å². The first kappa shape index (κ1) is 20.1. The maximum Gasteiger partial charge on any atom is 0.191 e. The minimum atomic E-state index is 0.536. The van der Waals surface area contributed by atoms with Gasteiger partial charge < -0.3 is 10.6 Å². The van der Waals surface area contributed by atoms with Gasteiger partial charge in [-0.05, 0) is 45.3 Å². The molecule has 6 heteroatoms. The molecule has 1 aliphatic rings. The number of hydrogen-bond donors (Lipinski definition) is 2. The van der Waals surface area contributed by atoms with Crippen LogP contribution in [0.5, 0.6) is 0 Å². The molecule has 0 radical (unpaired) electrons. The molecule has 0 amide bonds. The number of rotatable bonds is 7. The summed E-state index contributed by atoms with van der Waals surface area (Å²) >= 11 is 2.00. The van der Waals surface area contributed by atoms with Gasteiger partial charge in [-0.1, -0.05) is 20.3 Å². The van der Waals surface area contributed by atoms with Crippen LogP contribution in [0.1, 0.15) is 63.4 Å². The number of aromatic nitrogens is 2. The highest BCUT2D eigenvalue weighted by Crippen LogP contribution is 2.26. The van der Waals surface area contributed by atoms with Crippen molar-refractivity contribution in [3.8, 4) is 0 Å². The molecule has 1 heterocycles. The molecule has 1 aliphatic carbocycles. The standard InChI is InChI=1S/C19H35N5S/c1-6-17-16(18(7-2)24(4)23-17)13-21-19(20-8-3)22-14-10-9-11-15(12-14)25-5/h14-15H,6-13H2,1-5H3,(H2,20,21,22). The molecule has 0 spiro atoms. The highest BCUT2D eigenvalue weighted by atomic mass is 32.2. The van der Waals surface area contributed by atoms with Crippen molar-refractivity contribution >= 4 is 17.7 Å². The zero-order valence-electron chi connectivity index (χ0n) is 16.6. The third kappa shape index (κ3) is 5.40. The first-order chi connectivity index (χ1) is 12.1. The summed E-state index contributed by atoms with van der Waals surface area (Å²) < 4.78 is 2.02. The number of guanidine groups is 1. The van der Waals surface area contributed by atoms with E-state index < -0.39 is 0 Å². The van der Waals surface area contributed by atoms with Gasteiger partial charge in [0.25, 0.3) is 0 Å². The number of nitrogens with zero attached hydrogens (tertiary/aromatic N) is 3. The van der Waals surface area contributed by atoms with Gasteiger partial charge >= 0.3 is 0 Å². The molecule has 2 unspecified atom stereocenters. The molecule has 2 N–H and O–H groups in total. The van der Waals surface area contributed by atoms with Crippen LogP contribution in [0.2, 0.25) is 0 Å². The Kier molecular flexibility index (Phi) is 8.13. The monoisotopic (exact) mass is 365 g/mol. The predicted octanol–water partition coefficient (Wildman–Crippen LogP) is 3.27. The summed E-state index contributed by atoms with van der Waals surface area (Å²) in [6, 6.07) is 0.536. The Balaban J connectivity index is 2.09. The SMILES string of the molecule is CCNC(=NCc1c(CC)nn(C)c1CC)NC1CCCC(SC)C1. The number of thioether (sulfide) groups is 1. The Morgan fingerprint density at radius 1 is 1.28 bits per heavy atom. The van der Waals surface area contributed by atoms with E-state index in [0.717, 1.165) is 30.6 Å². The lowest BCUT2D eigenvalue weighted by Gasteiger charge is -2.29. The Hall–Kier alpha value is -1.17. The van der Waals surface area contributed by atoms with E-state index in [9.17, 15) is 0 Å². The van der Waals surface area contributed by atoms with Gasteiger partial charge in [0.1, 0.15) is 0 Å². The molecule has 0 aromatic carbocycles. The summed E-state index contributed by atoms with van der Waals surface area (Å²) in [6.07, 6.45) is 9.33. The molecule has 1 fully saturated rings. The molecule has 0 saturated heterocycles. The van der Waals surface area contributed by atoms with Gasteiger partial charge in [0.2, 0.25) is 0 Å². The number of aliphatic imine (C=N–C) groups is 1. The van der Waals surface area contributed by atoms with E-state index in [2.05, 4.69) is 42.8 Å². The molecule has 2 rings (SSSR count). The third-order valence-electron chi connectivity index (χ3n) is 5.07. The molecule has 0 aliphatic heterocycles. The average Bonchev–Trinajstić information content (AvgIpc) is 2.94. The normalized spacial score (nSPS) is 21.4.